The Morgan fingerprint density at radius 3 is 2.65 bits per heavy atom. The molecule has 23 heavy (non-hydrogen) atoms. The first-order valence-electron chi connectivity index (χ1n) is 7.05. The molecule has 3 rings (SSSR count). The molecular formula is C16H14Cl2N2O3. The molecule has 0 unspecified atom stereocenters. The van der Waals surface area contributed by atoms with Crippen LogP contribution in [-0.4, -0.2) is 41.6 Å². The summed E-state index contributed by atoms with van der Waals surface area (Å²) in [7, 11) is 0. The number of hydrogen-bond donors (Lipinski definition) is 0. The number of ether oxygens (including phenoxy) is 2. The SMILES string of the molecule is O=C(COc1ccc(Cl)cc1)N1CC(Oc2ncccc2Cl)C1. The number of benzene rings is 1. The summed E-state index contributed by atoms with van der Waals surface area (Å²) in [6.07, 6.45) is 1.52. The highest BCUT2D eigenvalue weighted by atomic mass is 35.5. The Balaban J connectivity index is 1.43. The number of carbonyl (C=O) groups is 1. The van der Waals surface area contributed by atoms with Crippen LogP contribution >= 0.6 is 23.2 Å². The van der Waals surface area contributed by atoms with Gasteiger partial charge in [0, 0.05) is 11.2 Å². The molecule has 1 fully saturated rings. The average Bonchev–Trinajstić information content (AvgIpc) is 2.51. The maximum absolute atomic E-state index is 12.0. The Bertz CT molecular complexity index is 688. The van der Waals surface area contributed by atoms with Crippen LogP contribution in [0.25, 0.3) is 0 Å². The number of rotatable bonds is 5. The number of hydrogen-bond acceptors (Lipinski definition) is 4. The molecule has 1 amide bonds. The third kappa shape index (κ3) is 4.06. The van der Waals surface area contributed by atoms with Gasteiger partial charge in [0.05, 0.1) is 13.1 Å². The summed E-state index contributed by atoms with van der Waals surface area (Å²) in [5, 5.41) is 1.09. The van der Waals surface area contributed by atoms with E-state index >= 15 is 0 Å². The summed E-state index contributed by atoms with van der Waals surface area (Å²) in [4.78, 5) is 17.7. The number of halogens is 2. The molecule has 2 heterocycles. The molecule has 1 aliphatic rings. The molecule has 1 aromatic carbocycles. The van der Waals surface area contributed by atoms with E-state index < -0.39 is 0 Å². The van der Waals surface area contributed by atoms with Crippen LogP contribution < -0.4 is 9.47 Å². The van der Waals surface area contributed by atoms with Crippen LogP contribution in [0.4, 0.5) is 0 Å². The van der Waals surface area contributed by atoms with E-state index in [2.05, 4.69) is 4.98 Å². The van der Waals surface area contributed by atoms with Crippen LogP contribution in [0.1, 0.15) is 0 Å². The number of likely N-dealkylation sites (tertiary alicyclic amines) is 1. The molecule has 2 aromatic rings. The van der Waals surface area contributed by atoms with Gasteiger partial charge in [0.2, 0.25) is 5.88 Å². The predicted octanol–water partition coefficient (Wildman–Crippen LogP) is 3.06. The van der Waals surface area contributed by atoms with E-state index in [1.165, 1.54) is 0 Å². The van der Waals surface area contributed by atoms with Crippen molar-refractivity contribution in [3.63, 3.8) is 0 Å². The van der Waals surface area contributed by atoms with Crippen molar-refractivity contribution in [3.05, 3.63) is 52.6 Å². The minimum absolute atomic E-state index is 0.0152. The fraction of sp³-hybridized carbons (Fsp3) is 0.250. The average molecular weight is 353 g/mol. The van der Waals surface area contributed by atoms with Gasteiger partial charge in [-0.2, -0.15) is 0 Å². The number of aromatic nitrogens is 1. The quantitative estimate of drug-likeness (QED) is 0.829. The molecule has 0 bridgehead atoms. The summed E-state index contributed by atoms with van der Waals surface area (Å²) in [5.41, 5.74) is 0. The van der Waals surface area contributed by atoms with E-state index in [0.717, 1.165) is 0 Å². The first kappa shape index (κ1) is 15.9. The maximum atomic E-state index is 12.0. The summed E-state index contributed by atoms with van der Waals surface area (Å²) < 4.78 is 11.1. The van der Waals surface area contributed by atoms with Crippen LogP contribution in [0.2, 0.25) is 10.0 Å². The van der Waals surface area contributed by atoms with Gasteiger partial charge in [-0.3, -0.25) is 4.79 Å². The lowest BCUT2D eigenvalue weighted by Gasteiger charge is -2.38. The molecule has 0 atom stereocenters. The van der Waals surface area contributed by atoms with Crippen molar-refractivity contribution in [2.45, 2.75) is 6.10 Å². The van der Waals surface area contributed by atoms with Gasteiger partial charge in [0.25, 0.3) is 5.91 Å². The lowest BCUT2D eigenvalue weighted by Crippen LogP contribution is -2.57. The monoisotopic (exact) mass is 352 g/mol. The Kier molecular flexibility index (Phi) is 4.88. The Hall–Kier alpha value is -1.98. The van der Waals surface area contributed by atoms with Gasteiger partial charge in [-0.05, 0) is 36.4 Å². The highest BCUT2D eigenvalue weighted by Crippen LogP contribution is 2.24. The summed E-state index contributed by atoms with van der Waals surface area (Å²) in [6.45, 7) is 0.976. The smallest absolute Gasteiger partial charge is 0.260 e. The zero-order valence-corrected chi connectivity index (χ0v) is 13.6. The Morgan fingerprint density at radius 2 is 1.96 bits per heavy atom. The minimum Gasteiger partial charge on any atom is -0.484 e. The van der Waals surface area contributed by atoms with Crippen LogP contribution in [0.15, 0.2) is 42.6 Å². The van der Waals surface area contributed by atoms with Crippen LogP contribution in [0, 0.1) is 0 Å². The van der Waals surface area contributed by atoms with Gasteiger partial charge >= 0.3 is 0 Å². The third-order valence-electron chi connectivity index (χ3n) is 3.38. The van der Waals surface area contributed by atoms with Gasteiger partial charge < -0.3 is 14.4 Å². The summed E-state index contributed by atoms with van der Waals surface area (Å²) in [6, 6.07) is 10.3. The van der Waals surface area contributed by atoms with E-state index in [0.29, 0.717) is 34.8 Å². The lowest BCUT2D eigenvalue weighted by atomic mass is 10.1. The highest BCUT2D eigenvalue weighted by molar-refractivity contribution is 6.31. The van der Waals surface area contributed by atoms with Gasteiger partial charge in [-0.25, -0.2) is 4.98 Å². The van der Waals surface area contributed by atoms with Crippen molar-refractivity contribution >= 4 is 29.1 Å². The minimum atomic E-state index is -0.0955. The Labute approximate surface area is 143 Å². The topological polar surface area (TPSA) is 51.7 Å². The van der Waals surface area contributed by atoms with Crippen molar-refractivity contribution in [2.24, 2.45) is 0 Å². The van der Waals surface area contributed by atoms with Gasteiger partial charge in [-0.1, -0.05) is 23.2 Å². The molecule has 1 aromatic heterocycles. The fourth-order valence-corrected chi connectivity index (χ4v) is 2.39. The number of carbonyl (C=O) groups excluding carboxylic acids is 1. The molecule has 7 heteroatoms. The van der Waals surface area contributed by atoms with Crippen molar-refractivity contribution in [1.29, 1.82) is 0 Å². The summed E-state index contributed by atoms with van der Waals surface area (Å²) >= 11 is 11.8. The van der Waals surface area contributed by atoms with E-state index in [1.54, 1.807) is 47.5 Å². The van der Waals surface area contributed by atoms with Crippen LogP contribution in [-0.2, 0) is 4.79 Å². The van der Waals surface area contributed by atoms with E-state index in [9.17, 15) is 4.79 Å². The van der Waals surface area contributed by atoms with Crippen molar-refractivity contribution in [3.8, 4) is 11.6 Å². The van der Waals surface area contributed by atoms with E-state index in [-0.39, 0.29) is 18.6 Å². The third-order valence-corrected chi connectivity index (χ3v) is 3.92. The van der Waals surface area contributed by atoms with E-state index in [4.69, 9.17) is 32.7 Å². The normalized spacial score (nSPS) is 14.3. The number of nitrogens with zero attached hydrogens (tertiary/aromatic N) is 2. The van der Waals surface area contributed by atoms with Gasteiger partial charge in [-0.15, -0.1) is 0 Å². The second-order valence-electron chi connectivity index (χ2n) is 5.07. The second-order valence-corrected chi connectivity index (χ2v) is 5.92. The van der Waals surface area contributed by atoms with Gasteiger partial charge in [0.15, 0.2) is 6.61 Å². The van der Waals surface area contributed by atoms with Crippen molar-refractivity contribution in [1.82, 2.24) is 9.88 Å². The van der Waals surface area contributed by atoms with Crippen LogP contribution in [0.5, 0.6) is 11.6 Å². The molecule has 1 saturated heterocycles. The molecule has 0 spiro atoms. The second kappa shape index (κ2) is 7.06. The number of amides is 1. The zero-order chi connectivity index (χ0) is 16.2. The molecule has 0 aliphatic carbocycles. The predicted molar refractivity (Wildman–Crippen MR) is 87.2 cm³/mol. The van der Waals surface area contributed by atoms with Crippen LogP contribution in [0.3, 0.4) is 0 Å². The molecule has 0 saturated carbocycles. The largest absolute Gasteiger partial charge is 0.484 e. The first-order valence-corrected chi connectivity index (χ1v) is 7.81. The first-order chi connectivity index (χ1) is 11.1. The molecule has 120 valence electrons. The fourth-order valence-electron chi connectivity index (χ4n) is 2.10. The van der Waals surface area contributed by atoms with E-state index in [1.807, 2.05) is 0 Å². The number of pyridine rings is 1. The molecule has 1 aliphatic heterocycles. The Morgan fingerprint density at radius 1 is 1.22 bits per heavy atom. The van der Waals surface area contributed by atoms with Gasteiger partial charge in [0.1, 0.15) is 16.9 Å². The zero-order valence-electron chi connectivity index (χ0n) is 12.1. The standard InChI is InChI=1S/C16H14Cl2N2O3/c17-11-3-5-12(6-4-11)22-10-15(21)20-8-13(9-20)23-16-14(18)2-1-7-19-16/h1-7,13H,8-10H2. The molecule has 0 radical (unpaired) electrons. The van der Waals surface area contributed by atoms with Crippen molar-refractivity contribution in [2.75, 3.05) is 19.7 Å². The molecule has 0 N–H and O–H groups in total. The maximum Gasteiger partial charge on any atom is 0.260 e. The highest BCUT2D eigenvalue weighted by Gasteiger charge is 2.33. The van der Waals surface area contributed by atoms with Crippen molar-refractivity contribution < 1.29 is 14.3 Å². The molecular weight excluding hydrogens is 339 g/mol. The lowest BCUT2D eigenvalue weighted by molar-refractivity contribution is -0.142. The summed E-state index contributed by atoms with van der Waals surface area (Å²) in [5.74, 6) is 0.909. The molecule has 5 nitrogen and oxygen atoms in total.